The number of anilines is 5. The number of carbonyl (C=O) groups is 1. The molecular weight excluding hydrogens is 358 g/mol. The molecule has 136 valence electrons. The Morgan fingerprint density at radius 2 is 1.67 bits per heavy atom. The predicted molar refractivity (Wildman–Crippen MR) is 111 cm³/mol. The number of hydrogen-bond acceptors (Lipinski definition) is 6. The number of benzene rings is 2. The van der Waals surface area contributed by atoms with E-state index in [-0.39, 0.29) is 5.91 Å². The van der Waals surface area contributed by atoms with Crippen molar-refractivity contribution in [1.82, 2.24) is 4.98 Å². The zero-order valence-corrected chi connectivity index (χ0v) is 15.8. The van der Waals surface area contributed by atoms with Crippen LogP contribution in [0, 0.1) is 0 Å². The van der Waals surface area contributed by atoms with Crippen LogP contribution >= 0.6 is 11.9 Å². The number of amides is 1. The molecule has 0 bridgehead atoms. The summed E-state index contributed by atoms with van der Waals surface area (Å²) in [4.78, 5) is 22.2. The second-order valence-electron chi connectivity index (χ2n) is 6.25. The van der Waals surface area contributed by atoms with E-state index in [1.807, 2.05) is 72.6 Å². The molecule has 3 aromatic rings. The third-order valence-electron chi connectivity index (χ3n) is 4.60. The second kappa shape index (κ2) is 6.94. The van der Waals surface area contributed by atoms with Crippen molar-refractivity contribution >= 4 is 46.6 Å². The second-order valence-corrected chi connectivity index (χ2v) is 6.95. The number of carbonyl (C=O) groups excluding carboxylic acids is 1. The Hall–Kier alpha value is -3.03. The van der Waals surface area contributed by atoms with E-state index in [4.69, 9.17) is 10.1 Å². The van der Waals surface area contributed by atoms with Gasteiger partial charge in [0.15, 0.2) is 5.82 Å². The quantitative estimate of drug-likeness (QED) is 0.668. The third-order valence-corrected chi connectivity index (χ3v) is 5.14. The van der Waals surface area contributed by atoms with Gasteiger partial charge >= 0.3 is 0 Å². The molecule has 0 saturated heterocycles. The lowest BCUT2D eigenvalue weighted by molar-refractivity contribution is 0.0994. The first kappa shape index (κ1) is 17.4. The van der Waals surface area contributed by atoms with E-state index in [1.165, 1.54) is 11.9 Å². The average molecular weight is 377 g/mol. The smallest absolute Gasteiger partial charge is 0.260 e. The Labute approximate surface area is 162 Å². The molecule has 2 aromatic carbocycles. The molecule has 1 aliphatic rings. The van der Waals surface area contributed by atoms with Gasteiger partial charge in [-0.25, -0.2) is 4.98 Å². The zero-order valence-electron chi connectivity index (χ0n) is 15.0. The number of nitrogens with zero attached hydrogens (tertiary/aromatic N) is 3. The van der Waals surface area contributed by atoms with Gasteiger partial charge in [0.25, 0.3) is 5.91 Å². The molecule has 0 unspecified atom stereocenters. The van der Waals surface area contributed by atoms with E-state index >= 15 is 0 Å². The number of hydrogen-bond donors (Lipinski definition) is 2. The van der Waals surface area contributed by atoms with E-state index < -0.39 is 0 Å². The molecule has 4 rings (SSSR count). The lowest BCUT2D eigenvalue weighted by atomic mass is 10.1. The molecule has 1 aromatic heterocycles. The molecule has 0 radical (unpaired) electrons. The van der Waals surface area contributed by atoms with Crippen molar-refractivity contribution in [2.24, 2.45) is 5.14 Å². The summed E-state index contributed by atoms with van der Waals surface area (Å²) in [7, 11) is 3.70. The Bertz CT molecular complexity index is 1010. The van der Waals surface area contributed by atoms with Gasteiger partial charge in [-0.15, -0.1) is 0 Å². The Morgan fingerprint density at radius 1 is 0.926 bits per heavy atom. The highest BCUT2D eigenvalue weighted by Gasteiger charge is 2.28. The Morgan fingerprint density at radius 3 is 2.41 bits per heavy atom. The number of nitrogens with two attached hydrogens (primary N) is 1. The summed E-state index contributed by atoms with van der Waals surface area (Å²) in [5.41, 5.74) is 3.17. The molecule has 6 nitrogen and oxygen atoms in total. The molecule has 0 saturated carbocycles. The number of fused-ring (bicyclic) bond motifs is 2. The highest BCUT2D eigenvalue weighted by Crippen LogP contribution is 2.38. The Balaban J connectivity index is 1.73. The van der Waals surface area contributed by atoms with E-state index in [9.17, 15) is 4.79 Å². The fourth-order valence-electron chi connectivity index (χ4n) is 3.14. The molecular formula is C20H19N5OS. The lowest BCUT2D eigenvalue weighted by Gasteiger charge is -2.22. The summed E-state index contributed by atoms with van der Waals surface area (Å²) in [6.07, 6.45) is 0. The van der Waals surface area contributed by atoms with E-state index in [1.54, 1.807) is 11.9 Å². The predicted octanol–water partition coefficient (Wildman–Crippen LogP) is 4.15. The van der Waals surface area contributed by atoms with Crippen LogP contribution in [0.5, 0.6) is 0 Å². The van der Waals surface area contributed by atoms with E-state index in [0.29, 0.717) is 11.4 Å². The van der Waals surface area contributed by atoms with Crippen LogP contribution in [0.3, 0.4) is 0 Å². The van der Waals surface area contributed by atoms with Crippen LogP contribution in [-0.2, 0) is 0 Å². The minimum Gasteiger partial charge on any atom is -0.340 e. The molecule has 3 N–H and O–H groups in total. The summed E-state index contributed by atoms with van der Waals surface area (Å²) in [5, 5.41) is 8.87. The molecule has 27 heavy (non-hydrogen) atoms. The maximum absolute atomic E-state index is 12.8. The van der Waals surface area contributed by atoms with Gasteiger partial charge < -0.3 is 15.1 Å². The van der Waals surface area contributed by atoms with Gasteiger partial charge in [0.05, 0.1) is 16.9 Å². The van der Waals surface area contributed by atoms with Gasteiger partial charge in [0.1, 0.15) is 5.82 Å². The molecule has 0 spiro atoms. The fraction of sp³-hybridized carbons (Fsp3) is 0.100. The third kappa shape index (κ3) is 3.11. The highest BCUT2D eigenvalue weighted by molar-refractivity contribution is 7.97. The van der Waals surface area contributed by atoms with Gasteiger partial charge in [-0.2, -0.15) is 0 Å². The molecule has 0 atom stereocenters. The summed E-state index contributed by atoms with van der Waals surface area (Å²) in [6.45, 7) is 0. The minimum atomic E-state index is -0.0476. The average Bonchev–Trinajstić information content (AvgIpc) is 2.79. The standard InChI is InChI=1S/C20H19N5OS/c1-24-16-6-4-3-5-15(16)20(26)25(2)17-11-12-18(23-19(17)24)22-13-7-9-14(27-21)10-8-13/h3-12H,21H2,1-2H3,(H,22,23). The van der Waals surface area contributed by atoms with Gasteiger partial charge in [-0.1, -0.05) is 12.1 Å². The monoisotopic (exact) mass is 377 g/mol. The molecule has 7 heteroatoms. The maximum Gasteiger partial charge on any atom is 0.260 e. The van der Waals surface area contributed by atoms with Crippen molar-refractivity contribution in [2.45, 2.75) is 4.90 Å². The van der Waals surface area contributed by atoms with Crippen LogP contribution in [0.15, 0.2) is 65.6 Å². The fourth-order valence-corrected chi connectivity index (χ4v) is 3.43. The van der Waals surface area contributed by atoms with Crippen LogP contribution in [0.4, 0.5) is 28.7 Å². The molecule has 0 fully saturated rings. The SMILES string of the molecule is CN1C(=O)c2ccccc2N(C)c2nc(Nc3ccc(SN)cc3)ccc21. The van der Waals surface area contributed by atoms with Gasteiger partial charge in [0.2, 0.25) is 0 Å². The zero-order chi connectivity index (χ0) is 19.0. The van der Waals surface area contributed by atoms with Crippen molar-refractivity contribution in [1.29, 1.82) is 0 Å². The van der Waals surface area contributed by atoms with Crippen molar-refractivity contribution < 1.29 is 4.79 Å². The summed E-state index contributed by atoms with van der Waals surface area (Å²) in [6, 6.07) is 19.2. The summed E-state index contributed by atoms with van der Waals surface area (Å²) < 4.78 is 0. The molecule has 1 amide bonds. The summed E-state index contributed by atoms with van der Waals surface area (Å²) >= 11 is 1.21. The lowest BCUT2D eigenvalue weighted by Crippen LogP contribution is -2.25. The van der Waals surface area contributed by atoms with E-state index in [0.717, 1.165) is 27.8 Å². The first-order valence-corrected chi connectivity index (χ1v) is 9.32. The van der Waals surface area contributed by atoms with Crippen LogP contribution in [0.1, 0.15) is 10.4 Å². The molecule has 1 aliphatic heterocycles. The van der Waals surface area contributed by atoms with Crippen molar-refractivity contribution in [3.8, 4) is 0 Å². The van der Waals surface area contributed by atoms with Crippen LogP contribution in [0.2, 0.25) is 0 Å². The number of aromatic nitrogens is 1. The van der Waals surface area contributed by atoms with Crippen molar-refractivity contribution in [2.75, 3.05) is 29.2 Å². The summed E-state index contributed by atoms with van der Waals surface area (Å²) in [5.74, 6) is 1.37. The van der Waals surface area contributed by atoms with Crippen LogP contribution in [-0.4, -0.2) is 25.0 Å². The minimum absolute atomic E-state index is 0.0476. The number of para-hydroxylation sites is 1. The Kier molecular flexibility index (Phi) is 4.47. The van der Waals surface area contributed by atoms with Crippen LogP contribution < -0.4 is 20.3 Å². The first-order valence-electron chi connectivity index (χ1n) is 8.44. The van der Waals surface area contributed by atoms with Gasteiger partial charge in [-0.05, 0) is 60.5 Å². The molecule has 2 heterocycles. The van der Waals surface area contributed by atoms with E-state index in [2.05, 4.69) is 5.32 Å². The topological polar surface area (TPSA) is 74.5 Å². The highest BCUT2D eigenvalue weighted by atomic mass is 32.2. The normalized spacial score (nSPS) is 13.1. The number of rotatable bonds is 3. The number of pyridine rings is 1. The van der Waals surface area contributed by atoms with Crippen molar-refractivity contribution in [3.05, 3.63) is 66.2 Å². The maximum atomic E-state index is 12.8. The first-order chi connectivity index (χ1) is 13.1. The number of nitrogens with one attached hydrogen (secondary N) is 1. The van der Waals surface area contributed by atoms with Gasteiger partial charge in [0, 0.05) is 24.7 Å². The largest absolute Gasteiger partial charge is 0.340 e. The van der Waals surface area contributed by atoms with Gasteiger partial charge in [-0.3, -0.25) is 9.93 Å². The molecule has 0 aliphatic carbocycles. The van der Waals surface area contributed by atoms with Crippen LogP contribution in [0.25, 0.3) is 0 Å². The van der Waals surface area contributed by atoms with Crippen molar-refractivity contribution in [3.63, 3.8) is 0 Å².